The van der Waals surface area contributed by atoms with Crippen molar-refractivity contribution in [3.8, 4) is 5.88 Å². The van der Waals surface area contributed by atoms with Crippen molar-refractivity contribution in [2.24, 2.45) is 12.2 Å². The number of aryl methyl sites for hydroxylation is 1. The summed E-state index contributed by atoms with van der Waals surface area (Å²) in [5.41, 5.74) is -3.17. The van der Waals surface area contributed by atoms with Gasteiger partial charge in [-0.1, -0.05) is 5.16 Å². The molecular formula is C9H6F9N3O2. The van der Waals surface area contributed by atoms with Crippen molar-refractivity contribution in [1.82, 2.24) is 9.78 Å². The molecule has 0 radical (unpaired) electrons. The Morgan fingerprint density at radius 3 is 2.09 bits per heavy atom. The molecule has 5 nitrogen and oxygen atoms in total. The number of hydrogen-bond acceptors (Lipinski definition) is 4. The Kier molecular flexibility index (Phi) is 4.77. The van der Waals surface area contributed by atoms with E-state index in [1.165, 1.54) is 0 Å². The van der Waals surface area contributed by atoms with Crippen LogP contribution >= 0.6 is 0 Å². The van der Waals surface area contributed by atoms with Crippen LogP contribution in [0.25, 0.3) is 0 Å². The van der Waals surface area contributed by atoms with Gasteiger partial charge in [0.25, 0.3) is 12.1 Å². The maximum absolute atomic E-state index is 13.1. The molecule has 0 aliphatic heterocycles. The van der Waals surface area contributed by atoms with Gasteiger partial charge in [-0.3, -0.25) is 4.68 Å². The zero-order valence-electron chi connectivity index (χ0n) is 10.8. The monoisotopic (exact) mass is 359 g/mol. The van der Waals surface area contributed by atoms with Gasteiger partial charge < -0.3 is 9.94 Å². The number of halogens is 9. The van der Waals surface area contributed by atoms with Crippen LogP contribution in [0.1, 0.15) is 11.3 Å². The minimum atomic E-state index is -6.08. The maximum atomic E-state index is 13.1. The summed E-state index contributed by atoms with van der Waals surface area (Å²) in [6.45, 7) is 0. The van der Waals surface area contributed by atoms with Gasteiger partial charge >= 0.3 is 18.5 Å². The zero-order valence-corrected chi connectivity index (χ0v) is 10.8. The van der Waals surface area contributed by atoms with Crippen LogP contribution in [0.4, 0.5) is 39.5 Å². The molecule has 1 heterocycles. The fourth-order valence-electron chi connectivity index (χ4n) is 1.42. The van der Waals surface area contributed by atoms with Crippen molar-refractivity contribution in [2.45, 2.75) is 24.6 Å². The predicted molar refractivity (Wildman–Crippen MR) is 54.1 cm³/mol. The van der Waals surface area contributed by atoms with Crippen LogP contribution in [-0.4, -0.2) is 39.7 Å². The lowest BCUT2D eigenvalue weighted by molar-refractivity contribution is -0.306. The molecule has 1 atom stereocenters. The fraction of sp³-hybridized carbons (Fsp3) is 0.556. The van der Waals surface area contributed by atoms with Crippen molar-refractivity contribution in [3.63, 3.8) is 0 Å². The van der Waals surface area contributed by atoms with E-state index in [0.717, 1.165) is 7.05 Å². The molecule has 0 fully saturated rings. The van der Waals surface area contributed by atoms with Crippen molar-refractivity contribution in [2.75, 3.05) is 0 Å². The molecule has 0 spiro atoms. The number of nitrogens with zero attached hydrogens (tertiary/aromatic N) is 3. The lowest BCUT2D eigenvalue weighted by atomic mass is 10.2. The number of rotatable bonds is 4. The Hall–Kier alpha value is -2.15. The number of alkyl halides is 9. The first-order chi connectivity index (χ1) is 10.2. The molecule has 1 N–H and O–H groups in total. The summed E-state index contributed by atoms with van der Waals surface area (Å²) < 4.78 is 117. The van der Waals surface area contributed by atoms with E-state index in [1.54, 1.807) is 0 Å². The highest BCUT2D eigenvalue weighted by Gasteiger charge is 2.60. The van der Waals surface area contributed by atoms with Crippen LogP contribution in [0.3, 0.4) is 0 Å². The lowest BCUT2D eigenvalue weighted by Gasteiger charge is -2.22. The fourth-order valence-corrected chi connectivity index (χ4v) is 1.42. The SMILES string of the molecule is Cn1nc(OC(F)(F)C(F)C(F)(F)F)c(C(F)(F)F)c1/C=N/O. The minimum absolute atomic E-state index is 0.136. The smallest absolute Gasteiger partial charge is 0.411 e. The summed E-state index contributed by atoms with van der Waals surface area (Å²) in [5, 5.41) is 13.3. The molecule has 132 valence electrons. The second-order valence-electron chi connectivity index (χ2n) is 4.00. The molecule has 0 aliphatic rings. The second-order valence-corrected chi connectivity index (χ2v) is 4.00. The minimum Gasteiger partial charge on any atom is -0.411 e. The molecule has 0 saturated heterocycles. The van der Waals surface area contributed by atoms with Gasteiger partial charge in [-0.2, -0.15) is 35.1 Å². The van der Waals surface area contributed by atoms with Crippen LogP contribution < -0.4 is 4.74 Å². The second kappa shape index (κ2) is 5.81. The van der Waals surface area contributed by atoms with Gasteiger partial charge in [0, 0.05) is 7.05 Å². The van der Waals surface area contributed by atoms with E-state index < -0.39 is 41.8 Å². The van der Waals surface area contributed by atoms with E-state index in [-0.39, 0.29) is 10.9 Å². The molecule has 23 heavy (non-hydrogen) atoms. The summed E-state index contributed by atoms with van der Waals surface area (Å²) in [6, 6.07) is 0. The molecule has 0 aliphatic carbocycles. The number of ether oxygens (including phenoxy) is 1. The van der Waals surface area contributed by atoms with Crippen molar-refractivity contribution in [3.05, 3.63) is 11.3 Å². The lowest BCUT2D eigenvalue weighted by Crippen LogP contribution is -2.46. The van der Waals surface area contributed by atoms with E-state index in [4.69, 9.17) is 5.21 Å². The average molecular weight is 359 g/mol. The Bertz CT molecular complexity index is 590. The molecule has 1 unspecified atom stereocenters. The van der Waals surface area contributed by atoms with Crippen LogP contribution in [-0.2, 0) is 13.2 Å². The van der Waals surface area contributed by atoms with E-state index >= 15 is 0 Å². The van der Waals surface area contributed by atoms with Crippen LogP contribution in [0.5, 0.6) is 5.88 Å². The molecule has 1 aromatic heterocycles. The highest BCUT2D eigenvalue weighted by atomic mass is 19.4. The third kappa shape index (κ3) is 3.98. The Morgan fingerprint density at radius 2 is 1.70 bits per heavy atom. The standard InChI is InChI=1S/C9H6F9N3O2/c1-21-3(2-19-22)4(7(11,12)13)5(20-21)23-9(17,18)6(10)8(14,15)16/h2,6,22H,1H3/b19-2+. The molecule has 0 amide bonds. The molecule has 1 rings (SSSR count). The maximum Gasteiger partial charge on any atom is 0.440 e. The molecule has 14 heteroatoms. The van der Waals surface area contributed by atoms with Crippen LogP contribution in [0.2, 0.25) is 0 Å². The van der Waals surface area contributed by atoms with E-state index in [1.807, 2.05) is 0 Å². The van der Waals surface area contributed by atoms with Gasteiger partial charge in [0.2, 0.25) is 0 Å². The highest BCUT2D eigenvalue weighted by molar-refractivity contribution is 5.80. The first kappa shape index (κ1) is 18.9. The van der Waals surface area contributed by atoms with Gasteiger partial charge in [-0.25, -0.2) is 4.39 Å². The largest absolute Gasteiger partial charge is 0.440 e. The third-order valence-electron chi connectivity index (χ3n) is 2.34. The summed E-state index contributed by atoms with van der Waals surface area (Å²) in [6.07, 6.45) is -21.9. The predicted octanol–water partition coefficient (Wildman–Crippen LogP) is 3.12. The number of hydrogen-bond donors (Lipinski definition) is 1. The first-order valence-electron chi connectivity index (χ1n) is 5.31. The van der Waals surface area contributed by atoms with Crippen molar-refractivity contribution >= 4 is 6.21 Å². The van der Waals surface area contributed by atoms with Gasteiger partial charge in [0.05, 0.1) is 11.9 Å². The summed E-state index contributed by atoms with van der Waals surface area (Å²) in [7, 11) is 0.772. The normalized spacial score (nSPS) is 15.2. The molecule has 0 saturated carbocycles. The van der Waals surface area contributed by atoms with E-state index in [0.29, 0.717) is 0 Å². The highest BCUT2D eigenvalue weighted by Crippen LogP contribution is 2.42. The van der Waals surface area contributed by atoms with E-state index in [9.17, 15) is 39.5 Å². The number of oxime groups is 1. The van der Waals surface area contributed by atoms with Crippen LogP contribution in [0.15, 0.2) is 5.16 Å². The quantitative estimate of drug-likeness (QED) is 0.389. The summed E-state index contributed by atoms with van der Waals surface area (Å²) in [5.74, 6) is -2.01. The van der Waals surface area contributed by atoms with Gasteiger partial charge in [-0.05, 0) is 0 Å². The average Bonchev–Trinajstić information content (AvgIpc) is 2.63. The Morgan fingerprint density at radius 1 is 1.17 bits per heavy atom. The summed E-state index contributed by atoms with van der Waals surface area (Å²) >= 11 is 0. The van der Waals surface area contributed by atoms with Crippen LogP contribution in [0, 0.1) is 0 Å². The van der Waals surface area contributed by atoms with Gasteiger partial charge in [-0.15, -0.1) is 5.10 Å². The third-order valence-corrected chi connectivity index (χ3v) is 2.34. The molecular weight excluding hydrogens is 353 g/mol. The molecule has 0 bridgehead atoms. The Balaban J connectivity index is 3.37. The van der Waals surface area contributed by atoms with Crippen molar-refractivity contribution < 1.29 is 49.5 Å². The topological polar surface area (TPSA) is 59.6 Å². The first-order valence-corrected chi connectivity index (χ1v) is 5.31. The van der Waals surface area contributed by atoms with Gasteiger partial charge in [0.1, 0.15) is 5.56 Å². The van der Waals surface area contributed by atoms with Crippen molar-refractivity contribution in [1.29, 1.82) is 0 Å². The van der Waals surface area contributed by atoms with E-state index in [2.05, 4.69) is 15.0 Å². The number of aromatic nitrogens is 2. The zero-order chi connectivity index (χ0) is 18.2. The van der Waals surface area contributed by atoms with Gasteiger partial charge in [0.15, 0.2) is 0 Å². The molecule has 1 aromatic rings. The Labute approximate surface area is 120 Å². The summed E-state index contributed by atoms with van der Waals surface area (Å²) in [4.78, 5) is 0. The molecule has 0 aromatic carbocycles.